The fraction of sp³-hybridized carbons (Fsp3) is 0.375. The van der Waals surface area contributed by atoms with Gasteiger partial charge in [0.2, 0.25) is 10.0 Å². The van der Waals surface area contributed by atoms with E-state index in [-0.39, 0.29) is 11.4 Å². The highest BCUT2D eigenvalue weighted by atomic mass is 32.2. The zero-order valence-electron chi connectivity index (χ0n) is 13.4. The lowest BCUT2D eigenvalue weighted by Gasteiger charge is -2.15. The normalized spacial score (nSPS) is 13.0. The van der Waals surface area contributed by atoms with E-state index in [4.69, 9.17) is 9.15 Å². The van der Waals surface area contributed by atoms with Crippen molar-refractivity contribution in [1.82, 2.24) is 4.72 Å². The molecule has 1 aromatic carbocycles. The summed E-state index contributed by atoms with van der Waals surface area (Å²) < 4.78 is 37.6. The molecule has 23 heavy (non-hydrogen) atoms. The Morgan fingerprint density at radius 3 is 2.48 bits per heavy atom. The van der Waals surface area contributed by atoms with E-state index in [9.17, 15) is 13.5 Å². The Hall–Kier alpha value is -1.83. The molecule has 0 fully saturated rings. The molecule has 0 bridgehead atoms. The van der Waals surface area contributed by atoms with Crippen molar-refractivity contribution in [2.45, 2.75) is 31.8 Å². The molecule has 7 heteroatoms. The lowest BCUT2D eigenvalue weighted by molar-refractivity contribution is 0.181. The van der Waals surface area contributed by atoms with Crippen molar-refractivity contribution < 1.29 is 22.7 Å². The van der Waals surface area contributed by atoms with Crippen molar-refractivity contribution in [2.75, 3.05) is 13.2 Å². The molecule has 0 saturated carbocycles. The molecule has 6 nitrogen and oxygen atoms in total. The van der Waals surface area contributed by atoms with E-state index in [1.54, 1.807) is 32.0 Å². The van der Waals surface area contributed by atoms with Gasteiger partial charge >= 0.3 is 0 Å². The SMILES string of the molecule is CCOc1c(C)cc(S(=O)(=O)NCC(O)c2ccoc2)cc1C. The van der Waals surface area contributed by atoms with Gasteiger partial charge in [0.05, 0.1) is 30.1 Å². The first kappa shape index (κ1) is 17.5. The third-order valence-corrected chi connectivity index (χ3v) is 4.83. The summed E-state index contributed by atoms with van der Waals surface area (Å²) in [6.07, 6.45) is 1.84. The zero-order chi connectivity index (χ0) is 17.0. The molecular weight excluding hydrogens is 318 g/mol. The fourth-order valence-electron chi connectivity index (χ4n) is 2.29. The monoisotopic (exact) mass is 339 g/mol. The van der Waals surface area contributed by atoms with Crippen LogP contribution in [-0.4, -0.2) is 26.7 Å². The van der Waals surface area contributed by atoms with Crippen LogP contribution in [0.25, 0.3) is 0 Å². The second-order valence-corrected chi connectivity index (χ2v) is 7.01. The highest BCUT2D eigenvalue weighted by Crippen LogP contribution is 2.27. The largest absolute Gasteiger partial charge is 0.493 e. The first-order valence-electron chi connectivity index (χ1n) is 7.29. The molecule has 0 spiro atoms. The van der Waals surface area contributed by atoms with Gasteiger partial charge in [0, 0.05) is 12.1 Å². The maximum atomic E-state index is 12.4. The van der Waals surface area contributed by atoms with E-state index in [1.165, 1.54) is 12.5 Å². The number of rotatable bonds is 7. The van der Waals surface area contributed by atoms with E-state index in [1.807, 2.05) is 6.92 Å². The third kappa shape index (κ3) is 4.13. The first-order valence-corrected chi connectivity index (χ1v) is 8.77. The van der Waals surface area contributed by atoms with Gasteiger partial charge in [0.15, 0.2) is 0 Å². The van der Waals surface area contributed by atoms with Gasteiger partial charge in [-0.2, -0.15) is 0 Å². The Morgan fingerprint density at radius 1 is 1.30 bits per heavy atom. The molecule has 1 heterocycles. The molecule has 0 aliphatic rings. The Balaban J connectivity index is 2.16. The molecule has 1 aromatic heterocycles. The van der Waals surface area contributed by atoms with Gasteiger partial charge in [-0.3, -0.25) is 0 Å². The number of aliphatic hydroxyl groups is 1. The molecule has 0 radical (unpaired) electrons. The van der Waals surface area contributed by atoms with Crippen molar-refractivity contribution in [3.8, 4) is 5.75 Å². The van der Waals surface area contributed by atoms with Crippen LogP contribution in [0.3, 0.4) is 0 Å². The van der Waals surface area contributed by atoms with Gasteiger partial charge in [-0.1, -0.05) is 0 Å². The number of aliphatic hydroxyl groups excluding tert-OH is 1. The quantitative estimate of drug-likeness (QED) is 0.808. The zero-order valence-corrected chi connectivity index (χ0v) is 14.2. The van der Waals surface area contributed by atoms with Crippen LogP contribution in [0, 0.1) is 13.8 Å². The van der Waals surface area contributed by atoms with Crippen LogP contribution in [-0.2, 0) is 10.0 Å². The summed E-state index contributed by atoms with van der Waals surface area (Å²) in [7, 11) is -3.72. The maximum absolute atomic E-state index is 12.4. The van der Waals surface area contributed by atoms with E-state index >= 15 is 0 Å². The summed E-state index contributed by atoms with van der Waals surface area (Å²) >= 11 is 0. The molecule has 1 unspecified atom stereocenters. The molecule has 0 saturated heterocycles. The van der Waals surface area contributed by atoms with Crippen molar-refractivity contribution in [3.63, 3.8) is 0 Å². The first-order chi connectivity index (χ1) is 10.8. The minimum absolute atomic E-state index is 0.132. The third-order valence-electron chi connectivity index (χ3n) is 3.43. The summed E-state index contributed by atoms with van der Waals surface area (Å²) in [5, 5.41) is 9.94. The van der Waals surface area contributed by atoms with Gasteiger partial charge in [0.25, 0.3) is 0 Å². The number of sulfonamides is 1. The molecule has 2 N–H and O–H groups in total. The molecule has 2 rings (SSSR count). The molecule has 2 aromatic rings. The summed E-state index contributed by atoms with van der Waals surface area (Å²) in [4.78, 5) is 0.148. The number of furan rings is 1. The number of hydrogen-bond acceptors (Lipinski definition) is 5. The van der Waals surface area contributed by atoms with E-state index in [2.05, 4.69) is 4.72 Å². The smallest absolute Gasteiger partial charge is 0.240 e. The minimum atomic E-state index is -3.72. The van der Waals surface area contributed by atoms with Gasteiger partial charge in [-0.05, 0) is 50.1 Å². The Morgan fingerprint density at radius 2 is 1.96 bits per heavy atom. The minimum Gasteiger partial charge on any atom is -0.493 e. The van der Waals surface area contributed by atoms with Crippen molar-refractivity contribution in [3.05, 3.63) is 47.4 Å². The molecule has 0 aliphatic carbocycles. The average Bonchev–Trinajstić information content (AvgIpc) is 3.02. The second-order valence-electron chi connectivity index (χ2n) is 5.24. The van der Waals surface area contributed by atoms with Crippen molar-refractivity contribution in [1.29, 1.82) is 0 Å². The van der Waals surface area contributed by atoms with Crippen LogP contribution < -0.4 is 9.46 Å². The van der Waals surface area contributed by atoms with Crippen LogP contribution in [0.15, 0.2) is 40.0 Å². The van der Waals surface area contributed by atoms with Crippen LogP contribution in [0.4, 0.5) is 0 Å². The average molecular weight is 339 g/mol. The second kappa shape index (κ2) is 7.16. The van der Waals surface area contributed by atoms with E-state index < -0.39 is 16.1 Å². The lowest BCUT2D eigenvalue weighted by atomic mass is 10.1. The molecule has 0 amide bonds. The molecular formula is C16H21NO5S. The predicted octanol–water partition coefficient (Wildman–Crippen LogP) is 2.31. The highest BCUT2D eigenvalue weighted by molar-refractivity contribution is 7.89. The van der Waals surface area contributed by atoms with E-state index in [0.717, 1.165) is 11.1 Å². The Kier molecular flexibility index (Phi) is 5.46. The van der Waals surface area contributed by atoms with Gasteiger partial charge < -0.3 is 14.3 Å². The van der Waals surface area contributed by atoms with Gasteiger partial charge in [-0.25, -0.2) is 13.1 Å². The standard InChI is InChI=1S/C16H21NO5S/c1-4-22-16-11(2)7-14(8-12(16)3)23(19,20)17-9-15(18)13-5-6-21-10-13/h5-8,10,15,17-18H,4,9H2,1-3H3. The summed E-state index contributed by atoms with van der Waals surface area (Å²) in [6, 6.07) is 4.71. The summed E-state index contributed by atoms with van der Waals surface area (Å²) in [5.74, 6) is 0.699. The highest BCUT2D eigenvalue weighted by Gasteiger charge is 2.19. The summed E-state index contributed by atoms with van der Waals surface area (Å²) in [5.41, 5.74) is 2.02. The van der Waals surface area contributed by atoms with Crippen LogP contribution >= 0.6 is 0 Å². The fourth-order valence-corrected chi connectivity index (χ4v) is 3.50. The molecule has 0 aliphatic heterocycles. The van der Waals surface area contributed by atoms with Gasteiger partial charge in [0.1, 0.15) is 5.75 Å². The Bertz CT molecular complexity index is 730. The number of aryl methyl sites for hydroxylation is 2. The predicted molar refractivity (Wildman–Crippen MR) is 85.9 cm³/mol. The number of benzene rings is 1. The summed E-state index contributed by atoms with van der Waals surface area (Å²) in [6.45, 7) is 5.87. The van der Waals surface area contributed by atoms with Gasteiger partial charge in [-0.15, -0.1) is 0 Å². The maximum Gasteiger partial charge on any atom is 0.240 e. The van der Waals surface area contributed by atoms with Crippen LogP contribution in [0.5, 0.6) is 5.75 Å². The number of hydrogen-bond donors (Lipinski definition) is 2. The van der Waals surface area contributed by atoms with Crippen LogP contribution in [0.1, 0.15) is 29.7 Å². The molecule has 126 valence electrons. The molecule has 1 atom stereocenters. The van der Waals surface area contributed by atoms with Crippen molar-refractivity contribution >= 4 is 10.0 Å². The lowest BCUT2D eigenvalue weighted by Crippen LogP contribution is -2.28. The van der Waals surface area contributed by atoms with Crippen molar-refractivity contribution in [2.24, 2.45) is 0 Å². The van der Waals surface area contributed by atoms with Crippen LogP contribution in [0.2, 0.25) is 0 Å². The number of ether oxygens (including phenoxy) is 1. The number of nitrogens with one attached hydrogen (secondary N) is 1. The Labute approximate surface area is 136 Å². The topological polar surface area (TPSA) is 88.8 Å². The van der Waals surface area contributed by atoms with E-state index in [0.29, 0.717) is 17.9 Å².